The molecular formula is C12H14O4. The zero-order chi connectivity index (χ0) is 11.4. The Morgan fingerprint density at radius 3 is 2.69 bits per heavy atom. The third-order valence-corrected chi connectivity index (χ3v) is 2.50. The molecule has 4 nitrogen and oxygen atoms in total. The summed E-state index contributed by atoms with van der Waals surface area (Å²) in [5, 5.41) is 0. The Hall–Kier alpha value is -1.55. The Morgan fingerprint density at radius 2 is 2.12 bits per heavy atom. The number of hydrogen-bond acceptors (Lipinski definition) is 4. The number of carbonyl (C=O) groups is 1. The minimum absolute atomic E-state index is 0.256. The number of rotatable bonds is 4. The van der Waals surface area contributed by atoms with Gasteiger partial charge in [0.2, 0.25) is 0 Å². The summed E-state index contributed by atoms with van der Waals surface area (Å²) in [5.74, 6) is 0.553. The van der Waals surface area contributed by atoms with Crippen LogP contribution >= 0.6 is 0 Å². The molecule has 1 heterocycles. The van der Waals surface area contributed by atoms with Gasteiger partial charge < -0.3 is 14.2 Å². The van der Waals surface area contributed by atoms with Crippen LogP contribution < -0.4 is 4.74 Å². The van der Waals surface area contributed by atoms with Crippen molar-refractivity contribution in [3.8, 4) is 5.75 Å². The average molecular weight is 222 g/mol. The Bertz CT molecular complexity index is 358. The largest absolute Gasteiger partial charge is 0.497 e. The van der Waals surface area contributed by atoms with Crippen molar-refractivity contribution in [2.24, 2.45) is 0 Å². The number of ether oxygens (including phenoxy) is 3. The molecule has 0 aromatic heterocycles. The van der Waals surface area contributed by atoms with Crippen LogP contribution in [0.5, 0.6) is 5.75 Å². The van der Waals surface area contributed by atoms with Gasteiger partial charge in [-0.15, -0.1) is 0 Å². The quantitative estimate of drug-likeness (QED) is 0.725. The maximum Gasteiger partial charge on any atom is 0.335 e. The second kappa shape index (κ2) is 4.99. The summed E-state index contributed by atoms with van der Waals surface area (Å²) in [5.41, 5.74) is 1.01. The van der Waals surface area contributed by atoms with Crippen molar-refractivity contribution in [3.63, 3.8) is 0 Å². The van der Waals surface area contributed by atoms with Crippen LogP contribution in [0.4, 0.5) is 0 Å². The second-order valence-electron chi connectivity index (χ2n) is 3.60. The van der Waals surface area contributed by atoms with Gasteiger partial charge >= 0.3 is 5.97 Å². The van der Waals surface area contributed by atoms with Crippen molar-refractivity contribution < 1.29 is 19.0 Å². The highest BCUT2D eigenvalue weighted by atomic mass is 16.6. The van der Waals surface area contributed by atoms with Crippen LogP contribution in [0.15, 0.2) is 24.3 Å². The number of carbonyl (C=O) groups excluding carboxylic acids is 1. The van der Waals surface area contributed by atoms with Crippen molar-refractivity contribution in [2.75, 3.05) is 13.7 Å². The average Bonchev–Trinajstić information content (AvgIpc) is 2.73. The van der Waals surface area contributed by atoms with Crippen molar-refractivity contribution in [1.29, 1.82) is 0 Å². The summed E-state index contributed by atoms with van der Waals surface area (Å²) >= 11 is 0. The molecule has 0 saturated carbocycles. The fourth-order valence-electron chi connectivity index (χ4n) is 1.55. The van der Waals surface area contributed by atoms with E-state index in [2.05, 4.69) is 0 Å². The van der Waals surface area contributed by atoms with E-state index < -0.39 is 6.10 Å². The smallest absolute Gasteiger partial charge is 0.335 e. The summed E-state index contributed by atoms with van der Waals surface area (Å²) in [6.45, 7) is 0.885. The molecule has 1 aromatic rings. The molecule has 2 rings (SSSR count). The van der Waals surface area contributed by atoms with Crippen LogP contribution in [-0.2, 0) is 20.9 Å². The molecular weight excluding hydrogens is 208 g/mol. The molecule has 0 amide bonds. The third-order valence-electron chi connectivity index (χ3n) is 2.50. The van der Waals surface area contributed by atoms with E-state index in [1.54, 1.807) is 7.11 Å². The first-order valence-corrected chi connectivity index (χ1v) is 5.21. The van der Waals surface area contributed by atoms with Gasteiger partial charge in [-0.2, -0.15) is 0 Å². The molecule has 1 aliphatic heterocycles. The van der Waals surface area contributed by atoms with Crippen LogP contribution in [0.25, 0.3) is 0 Å². The molecule has 16 heavy (non-hydrogen) atoms. The third kappa shape index (κ3) is 2.52. The van der Waals surface area contributed by atoms with Crippen molar-refractivity contribution in [2.45, 2.75) is 19.1 Å². The molecule has 4 heteroatoms. The van der Waals surface area contributed by atoms with Gasteiger partial charge in [0.15, 0.2) is 6.10 Å². The number of esters is 1. The van der Waals surface area contributed by atoms with E-state index in [1.807, 2.05) is 24.3 Å². The van der Waals surface area contributed by atoms with Crippen LogP contribution in [0.1, 0.15) is 12.0 Å². The van der Waals surface area contributed by atoms with Gasteiger partial charge in [0.1, 0.15) is 5.75 Å². The first kappa shape index (κ1) is 11.0. The lowest BCUT2D eigenvalue weighted by Gasteiger charge is -2.08. The summed E-state index contributed by atoms with van der Waals surface area (Å²) < 4.78 is 15.3. The molecule has 1 aromatic carbocycles. The van der Waals surface area contributed by atoms with Crippen LogP contribution in [0.3, 0.4) is 0 Å². The number of cyclic esters (lactones) is 1. The normalized spacial score (nSPS) is 19.6. The SMILES string of the molecule is COc1ccc(COC2CCOC2=O)cc1. The highest BCUT2D eigenvalue weighted by molar-refractivity contribution is 5.76. The fourth-order valence-corrected chi connectivity index (χ4v) is 1.55. The maximum absolute atomic E-state index is 11.1. The van der Waals surface area contributed by atoms with Gasteiger partial charge in [-0.05, 0) is 17.7 Å². The summed E-state index contributed by atoms with van der Waals surface area (Å²) in [6, 6.07) is 7.57. The Balaban J connectivity index is 1.86. The fraction of sp³-hybridized carbons (Fsp3) is 0.417. The summed E-state index contributed by atoms with van der Waals surface area (Å²) in [7, 11) is 1.63. The number of hydrogen-bond donors (Lipinski definition) is 0. The van der Waals surface area contributed by atoms with Crippen molar-refractivity contribution in [1.82, 2.24) is 0 Å². The maximum atomic E-state index is 11.1. The lowest BCUT2D eigenvalue weighted by atomic mass is 10.2. The lowest BCUT2D eigenvalue weighted by molar-refractivity contribution is -0.147. The molecule has 0 bridgehead atoms. The molecule has 0 N–H and O–H groups in total. The van der Waals surface area contributed by atoms with Gasteiger partial charge in [-0.3, -0.25) is 0 Å². The summed E-state index contributed by atoms with van der Waals surface area (Å²) in [6.07, 6.45) is 0.247. The Labute approximate surface area is 94.1 Å². The van der Waals surface area contributed by atoms with Gasteiger partial charge in [0, 0.05) is 6.42 Å². The molecule has 0 spiro atoms. The molecule has 1 atom stereocenters. The number of methoxy groups -OCH3 is 1. The zero-order valence-electron chi connectivity index (χ0n) is 9.14. The van der Waals surface area contributed by atoms with Crippen molar-refractivity contribution >= 4 is 5.97 Å². The zero-order valence-corrected chi connectivity index (χ0v) is 9.14. The summed E-state index contributed by atoms with van der Waals surface area (Å²) in [4.78, 5) is 11.1. The minimum atomic E-state index is -0.401. The molecule has 86 valence electrons. The monoisotopic (exact) mass is 222 g/mol. The van der Waals surface area contributed by atoms with Crippen LogP contribution in [0, 0.1) is 0 Å². The van der Waals surface area contributed by atoms with E-state index in [-0.39, 0.29) is 5.97 Å². The van der Waals surface area contributed by atoms with Gasteiger partial charge in [-0.1, -0.05) is 12.1 Å². The van der Waals surface area contributed by atoms with Gasteiger partial charge in [0.25, 0.3) is 0 Å². The number of benzene rings is 1. The first-order chi connectivity index (χ1) is 7.79. The Morgan fingerprint density at radius 1 is 1.38 bits per heavy atom. The predicted molar refractivity (Wildman–Crippen MR) is 57.1 cm³/mol. The van der Waals surface area contributed by atoms with Crippen LogP contribution in [0.2, 0.25) is 0 Å². The standard InChI is InChI=1S/C12H14O4/c1-14-10-4-2-9(3-5-10)8-16-11-6-7-15-12(11)13/h2-5,11H,6-8H2,1H3. The van der Waals surface area contributed by atoms with E-state index in [0.29, 0.717) is 19.6 Å². The molecule has 1 fully saturated rings. The topological polar surface area (TPSA) is 44.8 Å². The first-order valence-electron chi connectivity index (χ1n) is 5.21. The highest BCUT2D eigenvalue weighted by Gasteiger charge is 2.26. The van der Waals surface area contributed by atoms with E-state index in [1.165, 1.54) is 0 Å². The van der Waals surface area contributed by atoms with Crippen LogP contribution in [-0.4, -0.2) is 25.8 Å². The van der Waals surface area contributed by atoms with E-state index in [0.717, 1.165) is 11.3 Å². The minimum Gasteiger partial charge on any atom is -0.497 e. The van der Waals surface area contributed by atoms with Gasteiger partial charge in [-0.25, -0.2) is 4.79 Å². The Kier molecular flexibility index (Phi) is 3.41. The molecule has 1 aliphatic rings. The van der Waals surface area contributed by atoms with E-state index in [9.17, 15) is 4.79 Å². The van der Waals surface area contributed by atoms with Gasteiger partial charge in [0.05, 0.1) is 20.3 Å². The molecule has 1 unspecified atom stereocenters. The van der Waals surface area contributed by atoms with E-state index >= 15 is 0 Å². The van der Waals surface area contributed by atoms with Crippen molar-refractivity contribution in [3.05, 3.63) is 29.8 Å². The lowest BCUT2D eigenvalue weighted by Crippen LogP contribution is -2.18. The predicted octanol–water partition coefficient (Wildman–Crippen LogP) is 1.53. The van der Waals surface area contributed by atoms with E-state index in [4.69, 9.17) is 14.2 Å². The molecule has 0 aliphatic carbocycles. The molecule has 1 saturated heterocycles. The highest BCUT2D eigenvalue weighted by Crippen LogP contribution is 2.15. The molecule has 0 radical (unpaired) electrons. The second-order valence-corrected chi connectivity index (χ2v) is 3.60.